The number of hydrogen-bond donors (Lipinski definition) is 1. The fraction of sp³-hybridized carbons (Fsp3) is 0.167. The molecule has 94 valence electrons. The van der Waals surface area contributed by atoms with Crippen LogP contribution in [0, 0.1) is 0 Å². The Hall–Kier alpha value is -2.11. The standard InChI is InChI=1S/C12H8F3NO2/c13-12(14,15)9-5-8-3-7(4-11(17)18)1-2-10(8)16-6-9/h1-3,5-6H,4H2,(H,17,18). The predicted octanol–water partition coefficient (Wildman–Crippen LogP) is 2.88. The van der Waals surface area contributed by atoms with Gasteiger partial charge in [-0.2, -0.15) is 13.2 Å². The van der Waals surface area contributed by atoms with Crippen molar-refractivity contribution in [3.63, 3.8) is 0 Å². The first-order valence-corrected chi connectivity index (χ1v) is 5.04. The molecule has 0 bridgehead atoms. The number of aromatic nitrogens is 1. The second kappa shape index (κ2) is 4.29. The number of carbonyl (C=O) groups is 1. The molecule has 2 aromatic rings. The zero-order chi connectivity index (χ0) is 13.3. The molecule has 0 aliphatic rings. The van der Waals surface area contributed by atoms with Crippen molar-refractivity contribution >= 4 is 16.9 Å². The molecule has 1 aromatic heterocycles. The Morgan fingerprint density at radius 2 is 2.00 bits per heavy atom. The second-order valence-corrected chi connectivity index (χ2v) is 3.82. The van der Waals surface area contributed by atoms with Gasteiger partial charge >= 0.3 is 12.1 Å². The van der Waals surface area contributed by atoms with Crippen LogP contribution in [0.15, 0.2) is 30.5 Å². The Kier molecular flexibility index (Phi) is 2.94. The maximum absolute atomic E-state index is 12.5. The van der Waals surface area contributed by atoms with Crippen molar-refractivity contribution in [1.82, 2.24) is 4.98 Å². The lowest BCUT2D eigenvalue weighted by molar-refractivity contribution is -0.138. The number of alkyl halides is 3. The van der Waals surface area contributed by atoms with Gasteiger partial charge in [0.1, 0.15) is 0 Å². The molecule has 0 saturated heterocycles. The molecule has 0 spiro atoms. The zero-order valence-electron chi connectivity index (χ0n) is 9.03. The third-order valence-corrected chi connectivity index (χ3v) is 2.43. The SMILES string of the molecule is O=C(O)Cc1ccc2ncc(C(F)(F)F)cc2c1. The molecule has 2 rings (SSSR count). The summed E-state index contributed by atoms with van der Waals surface area (Å²) in [6, 6.07) is 5.42. The molecule has 0 atom stereocenters. The lowest BCUT2D eigenvalue weighted by atomic mass is 10.1. The van der Waals surface area contributed by atoms with Crippen LogP contribution in [-0.2, 0) is 17.4 Å². The van der Waals surface area contributed by atoms with Gasteiger partial charge < -0.3 is 5.11 Å². The highest BCUT2D eigenvalue weighted by molar-refractivity contribution is 5.81. The summed E-state index contributed by atoms with van der Waals surface area (Å²) in [6.07, 6.45) is -3.92. The predicted molar refractivity (Wildman–Crippen MR) is 58.1 cm³/mol. The fourth-order valence-electron chi connectivity index (χ4n) is 1.62. The average Bonchev–Trinajstić information content (AvgIpc) is 2.26. The summed E-state index contributed by atoms with van der Waals surface area (Å²) < 4.78 is 37.5. The summed E-state index contributed by atoms with van der Waals surface area (Å²) in [4.78, 5) is 14.2. The van der Waals surface area contributed by atoms with Gasteiger partial charge in [0.2, 0.25) is 0 Å². The Labute approximate surface area is 99.9 Å². The number of nitrogens with zero attached hydrogens (tertiary/aromatic N) is 1. The van der Waals surface area contributed by atoms with Crippen LogP contribution in [0.1, 0.15) is 11.1 Å². The summed E-state index contributed by atoms with van der Waals surface area (Å²) in [7, 11) is 0. The van der Waals surface area contributed by atoms with E-state index in [0.29, 0.717) is 11.1 Å². The highest BCUT2D eigenvalue weighted by Gasteiger charge is 2.30. The number of fused-ring (bicyclic) bond motifs is 1. The Balaban J connectivity index is 2.50. The molecule has 1 N–H and O–H groups in total. The Bertz CT molecular complexity index is 608. The van der Waals surface area contributed by atoms with Gasteiger partial charge in [-0.25, -0.2) is 0 Å². The van der Waals surface area contributed by atoms with Crippen molar-refractivity contribution in [2.45, 2.75) is 12.6 Å². The highest BCUT2D eigenvalue weighted by Crippen LogP contribution is 2.30. The van der Waals surface area contributed by atoms with Gasteiger partial charge in [0, 0.05) is 11.6 Å². The average molecular weight is 255 g/mol. The summed E-state index contributed by atoms with van der Waals surface area (Å²) in [5.74, 6) is -1.03. The van der Waals surface area contributed by atoms with Crippen molar-refractivity contribution in [1.29, 1.82) is 0 Å². The first-order chi connectivity index (χ1) is 8.36. The molecular weight excluding hydrogens is 247 g/mol. The minimum Gasteiger partial charge on any atom is -0.481 e. The summed E-state index contributed by atoms with van der Waals surface area (Å²) in [6.45, 7) is 0. The van der Waals surface area contributed by atoms with Gasteiger partial charge in [-0.1, -0.05) is 6.07 Å². The topological polar surface area (TPSA) is 50.2 Å². The first-order valence-electron chi connectivity index (χ1n) is 5.04. The van der Waals surface area contributed by atoms with Crippen LogP contribution >= 0.6 is 0 Å². The van der Waals surface area contributed by atoms with E-state index in [9.17, 15) is 18.0 Å². The number of aliphatic carboxylic acids is 1. The van der Waals surface area contributed by atoms with Gasteiger partial charge in [-0.3, -0.25) is 9.78 Å². The third kappa shape index (κ3) is 2.58. The van der Waals surface area contributed by atoms with Crippen molar-refractivity contribution in [3.8, 4) is 0 Å². The minimum absolute atomic E-state index is 0.230. The van der Waals surface area contributed by atoms with Gasteiger partial charge in [0.05, 0.1) is 17.5 Å². The number of carboxylic acids is 1. The maximum Gasteiger partial charge on any atom is 0.417 e. The number of benzene rings is 1. The van der Waals surface area contributed by atoms with E-state index >= 15 is 0 Å². The lowest BCUT2D eigenvalue weighted by Crippen LogP contribution is -2.05. The van der Waals surface area contributed by atoms with Crippen LogP contribution in [0.25, 0.3) is 10.9 Å². The second-order valence-electron chi connectivity index (χ2n) is 3.82. The number of rotatable bonds is 2. The van der Waals surface area contributed by atoms with E-state index in [2.05, 4.69) is 4.98 Å². The van der Waals surface area contributed by atoms with Crippen LogP contribution in [0.4, 0.5) is 13.2 Å². The van der Waals surface area contributed by atoms with Crippen molar-refractivity contribution < 1.29 is 23.1 Å². The van der Waals surface area contributed by atoms with E-state index < -0.39 is 17.7 Å². The van der Waals surface area contributed by atoms with E-state index in [4.69, 9.17) is 5.11 Å². The lowest BCUT2D eigenvalue weighted by Gasteiger charge is -2.07. The van der Waals surface area contributed by atoms with Gasteiger partial charge in [-0.05, 0) is 23.8 Å². The van der Waals surface area contributed by atoms with Gasteiger partial charge in [-0.15, -0.1) is 0 Å². The number of halogens is 3. The molecule has 3 nitrogen and oxygen atoms in total. The summed E-state index contributed by atoms with van der Waals surface area (Å²) in [5, 5.41) is 8.91. The van der Waals surface area contributed by atoms with Crippen LogP contribution in [0.5, 0.6) is 0 Å². The molecule has 6 heteroatoms. The van der Waals surface area contributed by atoms with E-state index in [1.54, 1.807) is 0 Å². The van der Waals surface area contributed by atoms with Crippen molar-refractivity contribution in [2.75, 3.05) is 0 Å². The molecule has 0 aliphatic carbocycles. The summed E-state index contributed by atoms with van der Waals surface area (Å²) >= 11 is 0. The fourth-order valence-corrected chi connectivity index (χ4v) is 1.62. The molecule has 0 fully saturated rings. The van der Waals surface area contributed by atoms with Crippen LogP contribution in [0.2, 0.25) is 0 Å². The number of hydrogen-bond acceptors (Lipinski definition) is 2. The molecule has 1 aromatic carbocycles. The van der Waals surface area contributed by atoms with E-state index in [0.717, 1.165) is 12.3 Å². The Morgan fingerprint density at radius 1 is 1.28 bits per heavy atom. The molecule has 0 unspecified atom stereocenters. The van der Waals surface area contributed by atoms with Crippen LogP contribution in [-0.4, -0.2) is 16.1 Å². The molecule has 0 saturated carbocycles. The van der Waals surface area contributed by atoms with E-state index in [-0.39, 0.29) is 11.8 Å². The molecule has 0 aliphatic heterocycles. The molecular formula is C12H8F3NO2. The van der Waals surface area contributed by atoms with E-state index in [1.165, 1.54) is 18.2 Å². The quantitative estimate of drug-likeness (QED) is 0.897. The van der Waals surface area contributed by atoms with Crippen LogP contribution < -0.4 is 0 Å². The first kappa shape index (κ1) is 12.3. The molecule has 1 heterocycles. The monoisotopic (exact) mass is 255 g/mol. The van der Waals surface area contributed by atoms with Crippen LogP contribution in [0.3, 0.4) is 0 Å². The summed E-state index contributed by atoms with van der Waals surface area (Å²) in [5.41, 5.74) is -0.00395. The van der Waals surface area contributed by atoms with Gasteiger partial charge in [0.25, 0.3) is 0 Å². The number of carboxylic acid groups (broad SMARTS) is 1. The molecule has 0 radical (unpaired) electrons. The highest BCUT2D eigenvalue weighted by atomic mass is 19.4. The molecule has 18 heavy (non-hydrogen) atoms. The van der Waals surface area contributed by atoms with Gasteiger partial charge in [0.15, 0.2) is 0 Å². The zero-order valence-corrected chi connectivity index (χ0v) is 9.03. The smallest absolute Gasteiger partial charge is 0.417 e. The largest absolute Gasteiger partial charge is 0.481 e. The van der Waals surface area contributed by atoms with Crippen molar-refractivity contribution in [3.05, 3.63) is 41.6 Å². The minimum atomic E-state index is -4.45. The van der Waals surface area contributed by atoms with E-state index in [1.807, 2.05) is 0 Å². The molecule has 0 amide bonds. The Morgan fingerprint density at radius 3 is 2.61 bits per heavy atom. The normalized spacial score (nSPS) is 11.7. The van der Waals surface area contributed by atoms with Crippen molar-refractivity contribution in [2.24, 2.45) is 0 Å². The third-order valence-electron chi connectivity index (χ3n) is 2.43. The number of pyridine rings is 1. The maximum atomic E-state index is 12.5.